The summed E-state index contributed by atoms with van der Waals surface area (Å²) in [6, 6.07) is 3.46. The Bertz CT molecular complexity index is 1500. The molecule has 43 heavy (non-hydrogen) atoms. The van der Waals surface area contributed by atoms with Gasteiger partial charge in [-0.2, -0.15) is 9.97 Å². The van der Waals surface area contributed by atoms with Gasteiger partial charge in [0.2, 0.25) is 5.88 Å². The third-order valence-corrected chi connectivity index (χ3v) is 9.89. The second kappa shape index (κ2) is 12.2. The van der Waals surface area contributed by atoms with E-state index in [1.807, 2.05) is 0 Å². The van der Waals surface area contributed by atoms with Crippen LogP contribution in [0.25, 0.3) is 22.2 Å². The molecule has 2 N–H and O–H groups in total. The first-order valence-corrected chi connectivity index (χ1v) is 15.8. The Morgan fingerprint density at radius 2 is 1.95 bits per heavy atom. The number of aliphatic hydroxyl groups is 1. The highest BCUT2D eigenvalue weighted by atomic mass is 35.5. The van der Waals surface area contributed by atoms with Crippen molar-refractivity contribution in [1.29, 1.82) is 0 Å². The van der Waals surface area contributed by atoms with E-state index < -0.39 is 5.82 Å². The van der Waals surface area contributed by atoms with Crippen molar-refractivity contribution in [2.24, 2.45) is 5.41 Å². The Labute approximate surface area is 257 Å². The molecule has 2 unspecified atom stereocenters. The van der Waals surface area contributed by atoms with E-state index >= 15 is 4.39 Å². The van der Waals surface area contributed by atoms with Gasteiger partial charge >= 0.3 is 6.01 Å². The zero-order valence-electron chi connectivity index (χ0n) is 25.2. The lowest BCUT2D eigenvalue weighted by molar-refractivity contribution is 0.0133. The molecule has 3 fully saturated rings. The highest BCUT2D eigenvalue weighted by Crippen LogP contribution is 2.50. The summed E-state index contributed by atoms with van der Waals surface area (Å²) in [5.74, 6) is -0.172. The number of aromatic hydroxyl groups is 1. The van der Waals surface area contributed by atoms with Crippen LogP contribution in [0.15, 0.2) is 12.1 Å². The number of anilines is 1. The van der Waals surface area contributed by atoms with Crippen LogP contribution in [-0.2, 0) is 0 Å². The number of methoxy groups -OCH3 is 1. The molecular formula is C32H41ClFN5O4. The summed E-state index contributed by atoms with van der Waals surface area (Å²) in [5, 5.41) is 21.5. The van der Waals surface area contributed by atoms with E-state index in [-0.39, 0.29) is 52.3 Å². The van der Waals surface area contributed by atoms with E-state index in [1.165, 1.54) is 19.2 Å². The van der Waals surface area contributed by atoms with Crippen LogP contribution in [0.1, 0.15) is 76.2 Å². The Balaban J connectivity index is 1.50. The Morgan fingerprint density at radius 3 is 2.67 bits per heavy atom. The lowest BCUT2D eigenvalue weighted by Gasteiger charge is -2.44. The minimum atomic E-state index is -0.685. The molecule has 3 aliphatic rings. The fourth-order valence-electron chi connectivity index (χ4n) is 7.29. The molecular weight excluding hydrogens is 573 g/mol. The number of piperidine rings is 1. The second-order valence-electron chi connectivity index (χ2n) is 12.4. The number of likely N-dealkylation sites (tertiary alicyclic amines) is 1. The fraction of sp³-hybridized carbons (Fsp3) is 0.594. The van der Waals surface area contributed by atoms with Crippen LogP contribution in [-0.4, -0.2) is 76.7 Å². The number of aromatic nitrogens is 3. The molecule has 0 radical (unpaired) electrons. The topological polar surface area (TPSA) is 104 Å². The van der Waals surface area contributed by atoms with Crippen LogP contribution in [0.4, 0.5) is 10.2 Å². The zero-order chi connectivity index (χ0) is 30.3. The highest BCUT2D eigenvalue weighted by molar-refractivity contribution is 6.32. The monoisotopic (exact) mass is 613 g/mol. The van der Waals surface area contributed by atoms with Crippen molar-refractivity contribution < 1.29 is 24.1 Å². The summed E-state index contributed by atoms with van der Waals surface area (Å²) in [6.45, 7) is 3.74. The van der Waals surface area contributed by atoms with Crippen molar-refractivity contribution in [3.8, 4) is 28.9 Å². The van der Waals surface area contributed by atoms with Gasteiger partial charge < -0.3 is 29.5 Å². The van der Waals surface area contributed by atoms with Crippen LogP contribution in [0.2, 0.25) is 5.02 Å². The molecule has 0 amide bonds. The van der Waals surface area contributed by atoms with E-state index in [0.29, 0.717) is 35.6 Å². The molecule has 11 heteroatoms. The minimum Gasteiger partial charge on any atom is -0.508 e. The second-order valence-corrected chi connectivity index (χ2v) is 12.8. The minimum absolute atomic E-state index is 0.00146. The number of pyridine rings is 1. The number of aliphatic hydroxyl groups excluding tert-OH is 1. The van der Waals surface area contributed by atoms with E-state index in [0.717, 1.165) is 69.9 Å². The van der Waals surface area contributed by atoms with Gasteiger partial charge in [0, 0.05) is 28.6 Å². The molecule has 6 rings (SSSR count). The predicted molar refractivity (Wildman–Crippen MR) is 165 cm³/mol. The molecule has 2 atom stereocenters. The molecule has 1 aliphatic heterocycles. The SMILES string of the molecule is CCCCN(CO)c1nc(OCC23CCCC2N(C)CCC3)nc2c(F)c(-c3cc(O)cc(Cl)c3C3CC3)nc(OC)c12. The van der Waals surface area contributed by atoms with Gasteiger partial charge in [-0.15, -0.1) is 0 Å². The average molecular weight is 614 g/mol. The lowest BCUT2D eigenvalue weighted by Crippen LogP contribution is -2.50. The predicted octanol–water partition coefficient (Wildman–Crippen LogP) is 6.28. The largest absolute Gasteiger partial charge is 0.508 e. The zero-order valence-corrected chi connectivity index (χ0v) is 26.0. The number of halogens is 2. The van der Waals surface area contributed by atoms with Crippen molar-refractivity contribution in [1.82, 2.24) is 19.9 Å². The van der Waals surface area contributed by atoms with E-state index in [4.69, 9.17) is 26.1 Å². The number of phenols is 1. The molecule has 2 aromatic heterocycles. The van der Waals surface area contributed by atoms with E-state index in [1.54, 1.807) is 4.90 Å². The average Bonchev–Trinajstić information content (AvgIpc) is 3.73. The number of rotatable bonds is 11. The quantitative estimate of drug-likeness (QED) is 0.242. The van der Waals surface area contributed by atoms with Gasteiger partial charge in [-0.1, -0.05) is 31.4 Å². The number of hydrogen-bond acceptors (Lipinski definition) is 9. The Morgan fingerprint density at radius 1 is 1.16 bits per heavy atom. The smallest absolute Gasteiger partial charge is 0.319 e. The molecule has 0 spiro atoms. The van der Waals surface area contributed by atoms with Crippen LogP contribution < -0.4 is 14.4 Å². The molecule has 3 aromatic rings. The van der Waals surface area contributed by atoms with Crippen molar-refractivity contribution in [3.05, 3.63) is 28.5 Å². The molecule has 0 bridgehead atoms. The van der Waals surface area contributed by atoms with Gasteiger partial charge in [0.1, 0.15) is 29.1 Å². The normalized spacial score (nSPS) is 22.1. The van der Waals surface area contributed by atoms with Crippen LogP contribution in [0, 0.1) is 11.2 Å². The van der Waals surface area contributed by atoms with Crippen molar-refractivity contribution in [2.45, 2.75) is 76.7 Å². The summed E-state index contributed by atoms with van der Waals surface area (Å²) in [4.78, 5) is 18.1. The number of ether oxygens (including phenoxy) is 2. The maximum Gasteiger partial charge on any atom is 0.319 e. The number of nitrogens with zero attached hydrogens (tertiary/aromatic N) is 5. The van der Waals surface area contributed by atoms with Crippen LogP contribution in [0.3, 0.4) is 0 Å². The summed E-state index contributed by atoms with van der Waals surface area (Å²) < 4.78 is 28.9. The number of phenolic OH excluding ortho intramolecular Hbond substituents is 1. The summed E-state index contributed by atoms with van der Waals surface area (Å²) >= 11 is 6.57. The molecule has 3 heterocycles. The van der Waals surface area contributed by atoms with Gasteiger partial charge in [0.15, 0.2) is 11.6 Å². The Kier molecular flexibility index (Phi) is 8.54. The number of unbranched alkanes of at least 4 members (excludes halogenated alkanes) is 1. The summed E-state index contributed by atoms with van der Waals surface area (Å²) in [5.41, 5.74) is 1.15. The number of fused-ring (bicyclic) bond motifs is 2. The molecule has 232 valence electrons. The first-order valence-electron chi connectivity index (χ1n) is 15.5. The number of hydrogen-bond donors (Lipinski definition) is 2. The van der Waals surface area contributed by atoms with Crippen molar-refractivity contribution >= 4 is 28.3 Å². The van der Waals surface area contributed by atoms with Gasteiger partial charge in [0.25, 0.3) is 0 Å². The van der Waals surface area contributed by atoms with E-state index in [9.17, 15) is 10.2 Å². The molecule has 1 aromatic carbocycles. The van der Waals surface area contributed by atoms with Gasteiger partial charge in [-0.3, -0.25) is 0 Å². The van der Waals surface area contributed by atoms with Gasteiger partial charge in [-0.25, -0.2) is 9.37 Å². The van der Waals surface area contributed by atoms with Crippen LogP contribution in [0.5, 0.6) is 17.6 Å². The van der Waals surface area contributed by atoms with Gasteiger partial charge in [-0.05, 0) is 82.2 Å². The lowest BCUT2D eigenvalue weighted by atomic mass is 9.76. The van der Waals surface area contributed by atoms with Gasteiger partial charge in [0.05, 0.1) is 13.7 Å². The third-order valence-electron chi connectivity index (χ3n) is 9.58. The molecule has 2 saturated carbocycles. The third kappa shape index (κ3) is 5.58. The maximum atomic E-state index is 16.8. The Hall–Kier alpha value is -2.95. The first kappa shape index (κ1) is 30.1. The molecule has 9 nitrogen and oxygen atoms in total. The maximum absolute atomic E-state index is 16.8. The summed E-state index contributed by atoms with van der Waals surface area (Å²) in [6.07, 6.45) is 9.07. The van der Waals surface area contributed by atoms with Crippen LogP contribution >= 0.6 is 11.6 Å². The highest BCUT2D eigenvalue weighted by Gasteiger charge is 2.47. The summed E-state index contributed by atoms with van der Waals surface area (Å²) in [7, 11) is 3.64. The van der Waals surface area contributed by atoms with Crippen molar-refractivity contribution in [3.63, 3.8) is 0 Å². The molecule has 1 saturated heterocycles. The first-order chi connectivity index (χ1) is 20.8. The standard InChI is InChI=1S/C32H41ClFN5O4/c1-4-5-14-39(18-40)29-25-28(36-31(37-29)43-17-32-11-6-8-23(32)38(2)13-7-12-32)26(34)27(35-30(25)42-3)21-15-20(41)16-22(33)24(21)19-9-10-19/h15-16,19,23,40-41H,4-14,17-18H2,1-3H3. The number of benzene rings is 1. The molecule has 2 aliphatic carbocycles. The fourth-order valence-corrected chi connectivity index (χ4v) is 7.65. The van der Waals surface area contributed by atoms with E-state index in [2.05, 4.69) is 28.8 Å². The van der Waals surface area contributed by atoms with Crippen molar-refractivity contribution in [2.75, 3.05) is 45.5 Å².